The molecule has 2 nitrogen and oxygen atoms in total. The monoisotopic (exact) mass is 217 g/mol. The van der Waals surface area contributed by atoms with E-state index in [4.69, 9.17) is 4.74 Å². The number of rotatable bonds is 4. The highest BCUT2D eigenvalue weighted by Crippen LogP contribution is 2.15. The van der Waals surface area contributed by atoms with Gasteiger partial charge in [0.05, 0.1) is 0 Å². The summed E-state index contributed by atoms with van der Waals surface area (Å²) in [5, 5.41) is 0. The lowest BCUT2D eigenvalue weighted by Gasteiger charge is -2.14. The van der Waals surface area contributed by atoms with Gasteiger partial charge in [-0.25, -0.2) is 0 Å². The normalized spacial score (nSPS) is 21.7. The largest absolute Gasteiger partial charge is 0.490 e. The van der Waals surface area contributed by atoms with Crippen LogP contribution in [-0.4, -0.2) is 31.1 Å². The summed E-state index contributed by atoms with van der Waals surface area (Å²) in [5.74, 6) is 0.937. The van der Waals surface area contributed by atoms with Gasteiger partial charge >= 0.3 is 0 Å². The summed E-state index contributed by atoms with van der Waals surface area (Å²) in [5.41, 5.74) is 0. The second-order valence-electron chi connectivity index (χ2n) is 4.24. The average Bonchev–Trinajstić information content (AvgIpc) is 2.72. The highest BCUT2D eigenvalue weighted by Gasteiger charge is 2.17. The molecule has 1 aliphatic rings. The molecule has 16 heavy (non-hydrogen) atoms. The quantitative estimate of drug-likeness (QED) is 0.719. The minimum atomic E-state index is 0.611. The lowest BCUT2D eigenvalue weighted by Crippen LogP contribution is -2.22. The van der Waals surface area contributed by atoms with Gasteiger partial charge in [-0.3, -0.25) is 4.90 Å². The number of likely N-dealkylation sites (N-methyl/N-ethyl adjacent to an activating group) is 1. The Labute approximate surface area is 97.5 Å². The maximum Gasteiger partial charge on any atom is 0.119 e. The summed E-state index contributed by atoms with van der Waals surface area (Å²) in [6.07, 6.45) is 6.97. The molecule has 1 atom stereocenters. The molecule has 1 saturated heterocycles. The fourth-order valence-corrected chi connectivity index (χ4v) is 2.05. The molecule has 0 aromatic heterocycles. The summed E-state index contributed by atoms with van der Waals surface area (Å²) in [6, 6.07) is 10.5. The van der Waals surface area contributed by atoms with Crippen molar-refractivity contribution in [3.63, 3.8) is 0 Å². The second-order valence-corrected chi connectivity index (χ2v) is 4.24. The molecule has 0 radical (unpaired) electrons. The van der Waals surface area contributed by atoms with Gasteiger partial charge in [-0.1, -0.05) is 24.3 Å². The van der Waals surface area contributed by atoms with Crippen molar-refractivity contribution in [1.82, 2.24) is 4.90 Å². The van der Waals surface area contributed by atoms with E-state index in [1.165, 1.54) is 19.4 Å². The zero-order chi connectivity index (χ0) is 11.2. The molecular weight excluding hydrogens is 198 g/mol. The minimum absolute atomic E-state index is 0.611. The van der Waals surface area contributed by atoms with Crippen molar-refractivity contribution < 1.29 is 4.74 Å². The molecule has 0 amide bonds. The van der Waals surface area contributed by atoms with Crippen molar-refractivity contribution >= 4 is 0 Å². The topological polar surface area (TPSA) is 12.5 Å². The fourth-order valence-electron chi connectivity index (χ4n) is 2.05. The van der Waals surface area contributed by atoms with Crippen molar-refractivity contribution in [3.8, 4) is 5.75 Å². The van der Waals surface area contributed by atoms with E-state index in [-0.39, 0.29) is 0 Å². The Morgan fingerprint density at radius 3 is 2.88 bits per heavy atom. The molecule has 1 heterocycles. The van der Waals surface area contributed by atoms with Crippen LogP contribution < -0.4 is 4.74 Å². The van der Waals surface area contributed by atoms with Crippen molar-refractivity contribution in [2.45, 2.75) is 18.9 Å². The van der Waals surface area contributed by atoms with Gasteiger partial charge in [-0.05, 0) is 44.6 Å². The van der Waals surface area contributed by atoms with E-state index in [1.807, 2.05) is 30.3 Å². The van der Waals surface area contributed by atoms with Gasteiger partial charge in [0, 0.05) is 6.04 Å². The number of hydrogen-bond donors (Lipinski definition) is 0. The lowest BCUT2D eigenvalue weighted by atomic mass is 10.2. The van der Waals surface area contributed by atoms with Crippen LogP contribution in [0.5, 0.6) is 5.75 Å². The molecule has 2 heteroatoms. The lowest BCUT2D eigenvalue weighted by molar-refractivity contribution is 0.346. The van der Waals surface area contributed by atoms with Crippen molar-refractivity contribution in [1.29, 1.82) is 0 Å². The van der Waals surface area contributed by atoms with Crippen LogP contribution in [0, 0.1) is 0 Å². The van der Waals surface area contributed by atoms with Crippen molar-refractivity contribution in [2.75, 3.05) is 20.2 Å². The van der Waals surface area contributed by atoms with Crippen molar-refractivity contribution in [3.05, 3.63) is 42.5 Å². The molecule has 1 fully saturated rings. The fraction of sp³-hybridized carbons (Fsp3) is 0.429. The van der Waals surface area contributed by atoms with Gasteiger partial charge in [0.1, 0.15) is 12.4 Å². The summed E-state index contributed by atoms with van der Waals surface area (Å²) in [6.45, 7) is 1.88. The molecule has 0 spiro atoms. The third-order valence-electron chi connectivity index (χ3n) is 3.02. The molecule has 0 aliphatic carbocycles. The summed E-state index contributed by atoms with van der Waals surface area (Å²) >= 11 is 0. The van der Waals surface area contributed by atoms with Crippen LogP contribution in [0.15, 0.2) is 42.5 Å². The van der Waals surface area contributed by atoms with E-state index >= 15 is 0 Å². The van der Waals surface area contributed by atoms with E-state index in [0.29, 0.717) is 12.6 Å². The predicted octanol–water partition coefficient (Wildman–Crippen LogP) is 2.72. The average molecular weight is 217 g/mol. The van der Waals surface area contributed by atoms with Gasteiger partial charge in [0.15, 0.2) is 0 Å². The SMILES string of the molecule is CN1CCC[C@H]1/C=C/COc1ccccc1. The number of nitrogens with zero attached hydrogens (tertiary/aromatic N) is 1. The summed E-state index contributed by atoms with van der Waals surface area (Å²) < 4.78 is 5.60. The van der Waals surface area contributed by atoms with E-state index < -0.39 is 0 Å². The minimum Gasteiger partial charge on any atom is -0.490 e. The Morgan fingerprint density at radius 2 is 2.19 bits per heavy atom. The molecule has 0 bridgehead atoms. The second kappa shape index (κ2) is 5.71. The van der Waals surface area contributed by atoms with Crippen LogP contribution in [0.4, 0.5) is 0 Å². The maximum atomic E-state index is 5.60. The highest BCUT2D eigenvalue weighted by molar-refractivity contribution is 5.21. The standard InChI is InChI=1S/C14H19NO/c1-15-11-5-7-13(15)8-6-12-16-14-9-3-2-4-10-14/h2-4,6,8-10,13H,5,7,11-12H2,1H3/b8-6+/t13-/m0/s1. The summed E-state index contributed by atoms with van der Waals surface area (Å²) in [7, 11) is 2.18. The molecule has 1 aliphatic heterocycles. The van der Waals surface area contributed by atoms with Crippen LogP contribution in [0.2, 0.25) is 0 Å². The van der Waals surface area contributed by atoms with Crippen LogP contribution in [-0.2, 0) is 0 Å². The Morgan fingerprint density at radius 1 is 1.38 bits per heavy atom. The highest BCUT2D eigenvalue weighted by atomic mass is 16.5. The molecular formula is C14H19NO. The van der Waals surface area contributed by atoms with Gasteiger partial charge in [-0.15, -0.1) is 0 Å². The number of para-hydroxylation sites is 1. The van der Waals surface area contributed by atoms with Crippen molar-refractivity contribution in [2.24, 2.45) is 0 Å². The van der Waals surface area contributed by atoms with E-state index in [0.717, 1.165) is 5.75 Å². The Bertz CT molecular complexity index is 334. The van der Waals surface area contributed by atoms with Gasteiger partial charge in [0.2, 0.25) is 0 Å². The van der Waals surface area contributed by atoms with Crippen LogP contribution in [0.1, 0.15) is 12.8 Å². The molecule has 2 rings (SSSR count). The van der Waals surface area contributed by atoms with Gasteiger partial charge in [0.25, 0.3) is 0 Å². The summed E-state index contributed by atoms with van der Waals surface area (Å²) in [4.78, 5) is 2.39. The number of likely N-dealkylation sites (tertiary alicyclic amines) is 1. The first kappa shape index (κ1) is 11.2. The third-order valence-corrected chi connectivity index (χ3v) is 3.02. The number of benzene rings is 1. The Hall–Kier alpha value is -1.28. The third kappa shape index (κ3) is 3.11. The van der Waals surface area contributed by atoms with Crippen LogP contribution >= 0.6 is 0 Å². The molecule has 1 aromatic rings. The smallest absolute Gasteiger partial charge is 0.119 e. The molecule has 86 valence electrons. The van der Waals surface area contributed by atoms with Crippen LogP contribution in [0.25, 0.3) is 0 Å². The van der Waals surface area contributed by atoms with E-state index in [1.54, 1.807) is 0 Å². The van der Waals surface area contributed by atoms with Crippen LogP contribution in [0.3, 0.4) is 0 Å². The van der Waals surface area contributed by atoms with Gasteiger partial charge < -0.3 is 4.74 Å². The first-order valence-corrected chi connectivity index (χ1v) is 5.91. The number of ether oxygens (including phenoxy) is 1. The first-order chi connectivity index (χ1) is 7.86. The molecule has 0 N–H and O–H groups in total. The van der Waals surface area contributed by atoms with Gasteiger partial charge in [-0.2, -0.15) is 0 Å². The van der Waals surface area contributed by atoms with E-state index in [9.17, 15) is 0 Å². The Kier molecular flexibility index (Phi) is 4.00. The molecule has 1 aromatic carbocycles. The molecule has 0 saturated carbocycles. The zero-order valence-electron chi connectivity index (χ0n) is 9.80. The zero-order valence-corrected chi connectivity index (χ0v) is 9.80. The first-order valence-electron chi connectivity index (χ1n) is 5.91. The maximum absolute atomic E-state index is 5.60. The number of hydrogen-bond acceptors (Lipinski definition) is 2. The Balaban J connectivity index is 1.73. The molecule has 0 unspecified atom stereocenters. The van der Waals surface area contributed by atoms with E-state index in [2.05, 4.69) is 24.1 Å². The predicted molar refractivity (Wildman–Crippen MR) is 66.7 cm³/mol.